The standard InChI is InChI=1S/C17H16N6O/c1-12(2)21-17(24)16-7-8-23(22-16)15-5-3-14(4-6-15)20-11-13(9-18)10-19/h3-8,11-12,20H,1-2H3,(H,21,24). The number of hydrogen-bond acceptors (Lipinski definition) is 5. The maximum atomic E-state index is 11.9. The van der Waals surface area contributed by atoms with Gasteiger partial charge in [0.2, 0.25) is 0 Å². The van der Waals surface area contributed by atoms with Crippen LogP contribution in [-0.2, 0) is 0 Å². The molecule has 0 unspecified atom stereocenters. The molecule has 0 radical (unpaired) electrons. The monoisotopic (exact) mass is 320 g/mol. The highest BCUT2D eigenvalue weighted by Gasteiger charge is 2.10. The smallest absolute Gasteiger partial charge is 0.271 e. The van der Waals surface area contributed by atoms with Crippen LogP contribution in [0.2, 0.25) is 0 Å². The number of rotatable bonds is 5. The number of nitrogens with one attached hydrogen (secondary N) is 2. The highest BCUT2D eigenvalue weighted by Crippen LogP contribution is 2.13. The topological polar surface area (TPSA) is 107 Å². The van der Waals surface area contributed by atoms with Gasteiger partial charge in [0, 0.05) is 24.1 Å². The molecule has 24 heavy (non-hydrogen) atoms. The van der Waals surface area contributed by atoms with Crippen molar-refractivity contribution < 1.29 is 4.79 Å². The lowest BCUT2D eigenvalue weighted by atomic mass is 10.2. The molecule has 7 nitrogen and oxygen atoms in total. The molecule has 7 heteroatoms. The minimum Gasteiger partial charge on any atom is -0.360 e. The quantitative estimate of drug-likeness (QED) is 0.822. The van der Waals surface area contributed by atoms with Gasteiger partial charge in [-0.2, -0.15) is 15.6 Å². The van der Waals surface area contributed by atoms with Crippen LogP contribution < -0.4 is 10.6 Å². The number of allylic oxidation sites excluding steroid dienone is 1. The fourth-order valence-electron chi connectivity index (χ4n) is 1.88. The molecule has 1 aromatic heterocycles. The van der Waals surface area contributed by atoms with Gasteiger partial charge >= 0.3 is 0 Å². The Balaban J connectivity index is 2.10. The molecule has 0 bridgehead atoms. The largest absolute Gasteiger partial charge is 0.360 e. The Morgan fingerprint density at radius 3 is 2.46 bits per heavy atom. The summed E-state index contributed by atoms with van der Waals surface area (Å²) in [6.07, 6.45) is 3.05. The number of aromatic nitrogens is 2. The number of amides is 1. The minimum atomic E-state index is -0.215. The molecular weight excluding hydrogens is 304 g/mol. The predicted octanol–water partition coefficient (Wildman–Crippen LogP) is 2.35. The van der Waals surface area contributed by atoms with Gasteiger partial charge in [0.15, 0.2) is 5.69 Å². The summed E-state index contributed by atoms with van der Waals surface area (Å²) in [5.74, 6) is -0.215. The summed E-state index contributed by atoms with van der Waals surface area (Å²) in [6.45, 7) is 3.78. The average molecular weight is 320 g/mol. The lowest BCUT2D eigenvalue weighted by molar-refractivity contribution is 0.0937. The number of anilines is 1. The lowest BCUT2D eigenvalue weighted by Gasteiger charge is -2.06. The van der Waals surface area contributed by atoms with Crippen LogP contribution in [0.1, 0.15) is 24.3 Å². The van der Waals surface area contributed by atoms with Crippen LogP contribution in [-0.4, -0.2) is 21.7 Å². The number of carbonyl (C=O) groups excluding carboxylic acids is 1. The fourth-order valence-corrected chi connectivity index (χ4v) is 1.88. The van der Waals surface area contributed by atoms with Crippen LogP contribution >= 0.6 is 0 Å². The Hall–Kier alpha value is -3.58. The Morgan fingerprint density at radius 2 is 1.88 bits per heavy atom. The second kappa shape index (κ2) is 7.61. The van der Waals surface area contributed by atoms with Gasteiger partial charge < -0.3 is 10.6 Å². The highest BCUT2D eigenvalue weighted by molar-refractivity contribution is 5.92. The summed E-state index contributed by atoms with van der Waals surface area (Å²) in [6, 6.07) is 12.4. The molecule has 2 aromatic rings. The molecule has 1 heterocycles. The van der Waals surface area contributed by atoms with Crippen molar-refractivity contribution in [3.63, 3.8) is 0 Å². The Labute approximate surface area is 139 Å². The molecule has 0 spiro atoms. The van der Waals surface area contributed by atoms with Crippen molar-refractivity contribution in [3.05, 3.63) is 54.0 Å². The van der Waals surface area contributed by atoms with E-state index in [1.807, 2.05) is 26.0 Å². The van der Waals surface area contributed by atoms with Gasteiger partial charge in [0.25, 0.3) is 5.91 Å². The van der Waals surface area contributed by atoms with Crippen LogP contribution in [0.5, 0.6) is 0 Å². The summed E-state index contributed by atoms with van der Waals surface area (Å²) in [4.78, 5) is 11.9. The SMILES string of the molecule is CC(C)NC(=O)c1ccn(-c2ccc(NC=C(C#N)C#N)cc2)n1. The number of hydrogen-bond donors (Lipinski definition) is 2. The van der Waals surface area contributed by atoms with Crippen molar-refractivity contribution in [2.75, 3.05) is 5.32 Å². The zero-order valence-corrected chi connectivity index (χ0v) is 13.3. The molecule has 120 valence electrons. The van der Waals surface area contributed by atoms with Gasteiger partial charge in [-0.15, -0.1) is 0 Å². The van der Waals surface area contributed by atoms with Gasteiger partial charge in [-0.1, -0.05) is 0 Å². The van der Waals surface area contributed by atoms with Crippen molar-refractivity contribution >= 4 is 11.6 Å². The molecule has 0 aliphatic rings. The lowest BCUT2D eigenvalue weighted by Crippen LogP contribution is -2.30. The molecule has 0 aliphatic carbocycles. The second-order valence-corrected chi connectivity index (χ2v) is 5.25. The Kier molecular flexibility index (Phi) is 5.32. The normalized spacial score (nSPS) is 9.71. The maximum absolute atomic E-state index is 11.9. The number of benzene rings is 1. The number of nitrogens with zero attached hydrogens (tertiary/aromatic N) is 4. The van der Waals surface area contributed by atoms with E-state index >= 15 is 0 Å². The zero-order chi connectivity index (χ0) is 17.5. The Bertz CT molecular complexity index is 817. The van der Waals surface area contributed by atoms with Crippen molar-refractivity contribution in [1.82, 2.24) is 15.1 Å². The molecule has 1 amide bonds. The Morgan fingerprint density at radius 1 is 1.21 bits per heavy atom. The molecule has 0 saturated heterocycles. The molecule has 2 N–H and O–H groups in total. The van der Waals surface area contributed by atoms with E-state index in [1.165, 1.54) is 6.20 Å². The van der Waals surface area contributed by atoms with Crippen LogP contribution in [0.25, 0.3) is 5.69 Å². The van der Waals surface area contributed by atoms with E-state index in [1.54, 1.807) is 41.2 Å². The van der Waals surface area contributed by atoms with Gasteiger partial charge in [-0.25, -0.2) is 4.68 Å². The van der Waals surface area contributed by atoms with Gasteiger partial charge in [-0.3, -0.25) is 4.79 Å². The first-order chi connectivity index (χ1) is 11.5. The summed E-state index contributed by atoms with van der Waals surface area (Å²) in [5.41, 5.74) is 1.86. The van der Waals surface area contributed by atoms with Crippen molar-refractivity contribution in [1.29, 1.82) is 10.5 Å². The van der Waals surface area contributed by atoms with E-state index in [-0.39, 0.29) is 17.5 Å². The van der Waals surface area contributed by atoms with E-state index in [0.29, 0.717) is 5.69 Å². The molecular formula is C17H16N6O. The van der Waals surface area contributed by atoms with E-state index in [9.17, 15) is 4.79 Å². The maximum Gasteiger partial charge on any atom is 0.271 e. The summed E-state index contributed by atoms with van der Waals surface area (Å²) < 4.78 is 1.60. The van der Waals surface area contributed by atoms with Crippen LogP contribution in [0.3, 0.4) is 0 Å². The first-order valence-electron chi connectivity index (χ1n) is 7.27. The van der Waals surface area contributed by atoms with E-state index < -0.39 is 0 Å². The molecule has 1 aromatic carbocycles. The second-order valence-electron chi connectivity index (χ2n) is 5.25. The molecule has 0 fully saturated rings. The molecule has 0 saturated carbocycles. The highest BCUT2D eigenvalue weighted by atomic mass is 16.2. The number of carbonyl (C=O) groups is 1. The van der Waals surface area contributed by atoms with Crippen LogP contribution in [0, 0.1) is 22.7 Å². The fraction of sp³-hybridized carbons (Fsp3) is 0.176. The predicted molar refractivity (Wildman–Crippen MR) is 89.1 cm³/mol. The third-order valence-electron chi connectivity index (χ3n) is 3.00. The van der Waals surface area contributed by atoms with Gasteiger partial charge in [0.1, 0.15) is 17.7 Å². The summed E-state index contributed by atoms with van der Waals surface area (Å²) >= 11 is 0. The summed E-state index contributed by atoms with van der Waals surface area (Å²) in [7, 11) is 0. The van der Waals surface area contributed by atoms with E-state index in [4.69, 9.17) is 10.5 Å². The van der Waals surface area contributed by atoms with Crippen molar-refractivity contribution in [2.45, 2.75) is 19.9 Å². The van der Waals surface area contributed by atoms with E-state index in [0.717, 1.165) is 11.4 Å². The third kappa shape index (κ3) is 4.21. The van der Waals surface area contributed by atoms with Gasteiger partial charge in [0.05, 0.1) is 5.69 Å². The summed E-state index contributed by atoms with van der Waals surface area (Å²) in [5, 5.41) is 27.3. The van der Waals surface area contributed by atoms with Crippen LogP contribution in [0.4, 0.5) is 5.69 Å². The zero-order valence-electron chi connectivity index (χ0n) is 13.3. The first kappa shape index (κ1) is 16.8. The molecule has 0 aliphatic heterocycles. The van der Waals surface area contributed by atoms with Gasteiger partial charge in [-0.05, 0) is 44.2 Å². The minimum absolute atomic E-state index is 0.00744. The van der Waals surface area contributed by atoms with Crippen molar-refractivity contribution in [3.8, 4) is 17.8 Å². The third-order valence-corrected chi connectivity index (χ3v) is 3.00. The first-order valence-corrected chi connectivity index (χ1v) is 7.27. The van der Waals surface area contributed by atoms with Crippen molar-refractivity contribution in [2.24, 2.45) is 0 Å². The molecule has 0 atom stereocenters. The number of nitriles is 2. The van der Waals surface area contributed by atoms with Crippen LogP contribution in [0.15, 0.2) is 48.3 Å². The average Bonchev–Trinajstić information content (AvgIpc) is 3.06. The van der Waals surface area contributed by atoms with E-state index in [2.05, 4.69) is 15.7 Å². The molecule has 2 rings (SSSR count).